The lowest BCUT2D eigenvalue weighted by molar-refractivity contribution is -0.153. The number of hydrogen-bond donors (Lipinski definition) is 1. The smallest absolute Gasteiger partial charge is 0.311 e. The molecule has 9 nitrogen and oxygen atoms in total. The van der Waals surface area contributed by atoms with Crippen LogP contribution in [0.5, 0.6) is 0 Å². The van der Waals surface area contributed by atoms with Gasteiger partial charge in [-0.05, 0) is 19.3 Å². The number of allylic oxidation sites excluding steroid dienone is 1. The molecule has 10 heteroatoms. The standard InChI is InChI=1S/C26H37N3O6S/c1-2-18(17-30)29-22-24(32)28(11-10-27-12-15-34-16-13-27)9-6-8-26(22)21(23(29)31)20-19(36-26)7-4-3-5-14-35-25(20)33/h4,6-8,18-22,30H,2-3,5,9-17H2,1H3/b7-4-/t18-,19-,20+,21-,22?,26-/m0/s1. The Bertz CT molecular complexity index is 917. The second-order valence-corrected chi connectivity index (χ2v) is 11.7. The van der Waals surface area contributed by atoms with Crippen molar-refractivity contribution in [2.75, 3.05) is 59.2 Å². The number of amides is 2. The number of carbonyl (C=O) groups excluding carboxylic acids is 3. The molecule has 6 atom stereocenters. The summed E-state index contributed by atoms with van der Waals surface area (Å²) in [6.07, 6.45) is 10.2. The molecule has 198 valence electrons. The lowest BCUT2D eigenvalue weighted by Crippen LogP contribution is -2.57. The van der Waals surface area contributed by atoms with Crippen molar-refractivity contribution < 1.29 is 29.0 Å². The molecule has 3 fully saturated rings. The molecule has 1 unspecified atom stereocenters. The van der Waals surface area contributed by atoms with Crippen molar-refractivity contribution in [1.29, 1.82) is 0 Å². The number of ether oxygens (including phenoxy) is 2. The SMILES string of the molecule is CC[C@@H](CO)N1C(=O)[C@@H]2[C@@H]3C(=O)OCCC/C=C\[C@@H]3S[C@@]23C=CCN(CCN2CCOCC2)C(=O)C13. The molecule has 1 N–H and O–H groups in total. The topological polar surface area (TPSA) is 99.6 Å². The van der Waals surface area contributed by atoms with E-state index in [1.807, 2.05) is 30.1 Å². The molecule has 0 saturated carbocycles. The van der Waals surface area contributed by atoms with Crippen molar-refractivity contribution in [1.82, 2.24) is 14.7 Å². The normalized spacial score (nSPS) is 36.8. The lowest BCUT2D eigenvalue weighted by atomic mass is 9.78. The van der Waals surface area contributed by atoms with Gasteiger partial charge in [0.2, 0.25) is 11.8 Å². The Morgan fingerprint density at radius 1 is 1.14 bits per heavy atom. The molecule has 5 aliphatic rings. The first kappa shape index (κ1) is 25.8. The predicted octanol–water partition coefficient (Wildman–Crippen LogP) is 0.679. The minimum Gasteiger partial charge on any atom is -0.465 e. The monoisotopic (exact) mass is 519 g/mol. The average molecular weight is 520 g/mol. The van der Waals surface area contributed by atoms with Crippen LogP contribution in [0.2, 0.25) is 0 Å². The van der Waals surface area contributed by atoms with Crippen LogP contribution in [-0.4, -0.2) is 119 Å². The number of carbonyl (C=O) groups is 3. The molecule has 1 spiro atoms. The van der Waals surface area contributed by atoms with Gasteiger partial charge in [0.25, 0.3) is 0 Å². The second-order valence-electron chi connectivity index (χ2n) is 10.2. The van der Waals surface area contributed by atoms with Crippen molar-refractivity contribution in [3.8, 4) is 0 Å². The number of fused-ring (bicyclic) bond motifs is 2. The zero-order chi connectivity index (χ0) is 25.3. The first-order valence-electron chi connectivity index (χ1n) is 13.2. The van der Waals surface area contributed by atoms with Crippen LogP contribution in [0.1, 0.15) is 26.2 Å². The van der Waals surface area contributed by atoms with E-state index >= 15 is 0 Å². The molecule has 5 heterocycles. The predicted molar refractivity (Wildman–Crippen MR) is 135 cm³/mol. The van der Waals surface area contributed by atoms with Crippen molar-refractivity contribution >= 4 is 29.5 Å². The van der Waals surface area contributed by atoms with Crippen LogP contribution < -0.4 is 0 Å². The number of aliphatic hydroxyl groups is 1. The lowest BCUT2D eigenvalue weighted by Gasteiger charge is -2.38. The molecule has 5 aliphatic heterocycles. The van der Waals surface area contributed by atoms with E-state index in [4.69, 9.17) is 9.47 Å². The summed E-state index contributed by atoms with van der Waals surface area (Å²) in [6, 6.07) is -1.25. The Hall–Kier alpha value is -1.88. The number of hydrogen-bond acceptors (Lipinski definition) is 8. The molecule has 36 heavy (non-hydrogen) atoms. The van der Waals surface area contributed by atoms with E-state index in [-0.39, 0.29) is 29.6 Å². The van der Waals surface area contributed by atoms with Gasteiger partial charge >= 0.3 is 5.97 Å². The zero-order valence-electron chi connectivity index (χ0n) is 20.9. The van der Waals surface area contributed by atoms with Crippen LogP contribution in [0.3, 0.4) is 0 Å². The molecule has 0 aliphatic carbocycles. The van der Waals surface area contributed by atoms with Crippen molar-refractivity contribution in [2.45, 2.75) is 48.3 Å². The Labute approximate surface area is 216 Å². The van der Waals surface area contributed by atoms with E-state index in [1.165, 1.54) is 0 Å². The molecule has 2 amide bonds. The van der Waals surface area contributed by atoms with Crippen LogP contribution in [0.4, 0.5) is 0 Å². The van der Waals surface area contributed by atoms with E-state index in [0.717, 1.165) is 32.5 Å². The Morgan fingerprint density at radius 2 is 1.94 bits per heavy atom. The summed E-state index contributed by atoms with van der Waals surface area (Å²) in [5.41, 5.74) is 0. The summed E-state index contributed by atoms with van der Waals surface area (Å²) < 4.78 is 10.2. The Kier molecular flexibility index (Phi) is 7.76. The van der Waals surface area contributed by atoms with Gasteiger partial charge in [0.1, 0.15) is 6.04 Å². The zero-order valence-corrected chi connectivity index (χ0v) is 21.7. The summed E-state index contributed by atoms with van der Waals surface area (Å²) in [5, 5.41) is 9.95. The van der Waals surface area contributed by atoms with Crippen LogP contribution in [-0.2, 0) is 23.9 Å². The third-order valence-corrected chi connectivity index (χ3v) is 9.98. The maximum absolute atomic E-state index is 14.2. The number of cyclic esters (lactones) is 1. The highest BCUT2D eigenvalue weighted by molar-refractivity contribution is 8.02. The van der Waals surface area contributed by atoms with Crippen molar-refractivity contribution in [3.05, 3.63) is 24.3 Å². The van der Waals surface area contributed by atoms with E-state index in [2.05, 4.69) is 11.0 Å². The van der Waals surface area contributed by atoms with Gasteiger partial charge in [0.05, 0.1) is 49.1 Å². The molecule has 5 rings (SSSR count). The van der Waals surface area contributed by atoms with Crippen LogP contribution in [0.15, 0.2) is 24.3 Å². The summed E-state index contributed by atoms with van der Waals surface area (Å²) in [7, 11) is 0. The largest absolute Gasteiger partial charge is 0.465 e. The summed E-state index contributed by atoms with van der Waals surface area (Å²) in [6.45, 7) is 6.84. The van der Waals surface area contributed by atoms with Gasteiger partial charge in [-0.2, -0.15) is 0 Å². The highest BCUT2D eigenvalue weighted by atomic mass is 32.2. The fraction of sp³-hybridized carbons (Fsp3) is 0.731. The number of aliphatic hydroxyl groups excluding tert-OH is 1. The summed E-state index contributed by atoms with van der Waals surface area (Å²) in [5.74, 6) is -2.04. The molecule has 3 saturated heterocycles. The number of nitrogens with zero attached hydrogens (tertiary/aromatic N) is 3. The maximum Gasteiger partial charge on any atom is 0.311 e. The van der Waals surface area contributed by atoms with Gasteiger partial charge in [-0.1, -0.05) is 31.2 Å². The van der Waals surface area contributed by atoms with Gasteiger partial charge in [-0.15, -0.1) is 11.8 Å². The number of rotatable bonds is 6. The first-order chi connectivity index (χ1) is 17.5. The summed E-state index contributed by atoms with van der Waals surface area (Å²) in [4.78, 5) is 47.3. The second kappa shape index (κ2) is 10.8. The van der Waals surface area contributed by atoms with Gasteiger partial charge in [-0.3, -0.25) is 19.3 Å². The molecule has 0 aromatic carbocycles. The first-order valence-corrected chi connectivity index (χ1v) is 14.1. The minimum absolute atomic E-state index is 0.104. The number of esters is 1. The van der Waals surface area contributed by atoms with Crippen molar-refractivity contribution in [3.63, 3.8) is 0 Å². The highest BCUT2D eigenvalue weighted by Crippen LogP contribution is 2.61. The van der Waals surface area contributed by atoms with Gasteiger partial charge < -0.3 is 24.4 Å². The van der Waals surface area contributed by atoms with Crippen molar-refractivity contribution in [2.24, 2.45) is 11.8 Å². The van der Waals surface area contributed by atoms with E-state index in [1.54, 1.807) is 16.7 Å². The molecule has 0 radical (unpaired) electrons. The van der Waals surface area contributed by atoms with Gasteiger partial charge in [-0.25, -0.2) is 0 Å². The molecular formula is C26H37N3O6S. The maximum atomic E-state index is 14.2. The van der Waals surface area contributed by atoms with Crippen LogP contribution in [0.25, 0.3) is 0 Å². The van der Waals surface area contributed by atoms with Gasteiger partial charge in [0, 0.05) is 38.0 Å². The van der Waals surface area contributed by atoms with Crippen LogP contribution in [0, 0.1) is 11.8 Å². The molecule has 0 aromatic heterocycles. The third-order valence-electron chi connectivity index (χ3n) is 8.24. The number of likely N-dealkylation sites (tertiary alicyclic amines) is 1. The quantitative estimate of drug-likeness (QED) is 0.404. The number of morpholine rings is 1. The molecule has 0 bridgehead atoms. The van der Waals surface area contributed by atoms with E-state index < -0.39 is 28.7 Å². The summed E-state index contributed by atoms with van der Waals surface area (Å²) >= 11 is 1.55. The minimum atomic E-state index is -0.873. The Balaban J connectivity index is 1.50. The Morgan fingerprint density at radius 3 is 2.69 bits per heavy atom. The third kappa shape index (κ3) is 4.40. The fourth-order valence-corrected chi connectivity index (χ4v) is 8.32. The van der Waals surface area contributed by atoms with E-state index in [9.17, 15) is 19.5 Å². The highest BCUT2D eigenvalue weighted by Gasteiger charge is 2.71. The van der Waals surface area contributed by atoms with Crippen LogP contribution >= 0.6 is 11.8 Å². The molecule has 0 aromatic rings. The van der Waals surface area contributed by atoms with Gasteiger partial charge in [0.15, 0.2) is 0 Å². The number of thioether (sulfide) groups is 1. The molecular weight excluding hydrogens is 482 g/mol. The average Bonchev–Trinajstić information content (AvgIpc) is 3.30. The van der Waals surface area contributed by atoms with E-state index in [0.29, 0.717) is 39.3 Å². The fourth-order valence-electron chi connectivity index (χ4n) is 6.33.